The highest BCUT2D eigenvalue weighted by atomic mass is 32.1. The molecular formula is C12H22N2OS. The molecule has 0 saturated carbocycles. The number of hydrogen-bond donors (Lipinski definition) is 1. The molecule has 0 aliphatic rings. The standard InChI is InChI=1S/C12H22N2OS/c1-8(2)12(15-5)11(13-4)6-10-7-16-9(3)14-10/h7-8,11-13H,6H2,1-5H3. The second-order valence-electron chi connectivity index (χ2n) is 4.40. The Morgan fingerprint density at radius 1 is 1.50 bits per heavy atom. The van der Waals surface area contributed by atoms with Gasteiger partial charge in [0, 0.05) is 25.0 Å². The molecule has 0 radical (unpaired) electrons. The zero-order chi connectivity index (χ0) is 12.1. The summed E-state index contributed by atoms with van der Waals surface area (Å²) in [6.07, 6.45) is 1.16. The van der Waals surface area contributed by atoms with E-state index in [2.05, 4.69) is 29.5 Å². The molecule has 2 unspecified atom stereocenters. The Morgan fingerprint density at radius 3 is 2.56 bits per heavy atom. The van der Waals surface area contributed by atoms with E-state index < -0.39 is 0 Å². The summed E-state index contributed by atoms with van der Waals surface area (Å²) >= 11 is 1.70. The van der Waals surface area contributed by atoms with Crippen molar-refractivity contribution in [2.24, 2.45) is 5.92 Å². The maximum atomic E-state index is 5.56. The van der Waals surface area contributed by atoms with Gasteiger partial charge in [-0.3, -0.25) is 0 Å². The first-order valence-corrected chi connectivity index (χ1v) is 6.57. The van der Waals surface area contributed by atoms with Crippen LogP contribution in [0.3, 0.4) is 0 Å². The minimum absolute atomic E-state index is 0.229. The van der Waals surface area contributed by atoms with Gasteiger partial charge in [0.1, 0.15) is 0 Å². The zero-order valence-corrected chi connectivity index (χ0v) is 11.6. The van der Waals surface area contributed by atoms with E-state index in [0.717, 1.165) is 17.1 Å². The predicted octanol–water partition coefficient (Wildman–Crippen LogP) is 2.25. The van der Waals surface area contributed by atoms with Crippen LogP contribution in [0.5, 0.6) is 0 Å². The van der Waals surface area contributed by atoms with Crippen LogP contribution in [0.2, 0.25) is 0 Å². The Labute approximate surface area is 102 Å². The van der Waals surface area contributed by atoms with Gasteiger partial charge in [-0.2, -0.15) is 0 Å². The van der Waals surface area contributed by atoms with Crippen LogP contribution in [0, 0.1) is 12.8 Å². The van der Waals surface area contributed by atoms with Crippen LogP contribution in [0.1, 0.15) is 24.5 Å². The summed E-state index contributed by atoms with van der Waals surface area (Å²) in [5, 5.41) is 6.59. The molecule has 92 valence electrons. The first-order valence-electron chi connectivity index (χ1n) is 5.69. The van der Waals surface area contributed by atoms with Gasteiger partial charge < -0.3 is 10.1 Å². The van der Waals surface area contributed by atoms with Crippen LogP contribution in [-0.4, -0.2) is 31.3 Å². The molecule has 3 nitrogen and oxygen atoms in total. The van der Waals surface area contributed by atoms with E-state index in [4.69, 9.17) is 4.74 Å². The lowest BCUT2D eigenvalue weighted by atomic mass is 9.96. The molecule has 1 aromatic heterocycles. The maximum Gasteiger partial charge on any atom is 0.0897 e. The van der Waals surface area contributed by atoms with Gasteiger partial charge in [0.05, 0.1) is 16.8 Å². The van der Waals surface area contributed by atoms with Crippen LogP contribution >= 0.6 is 11.3 Å². The van der Waals surface area contributed by atoms with Gasteiger partial charge >= 0.3 is 0 Å². The van der Waals surface area contributed by atoms with E-state index in [1.807, 2.05) is 14.0 Å². The van der Waals surface area contributed by atoms with Gasteiger partial charge in [0.2, 0.25) is 0 Å². The van der Waals surface area contributed by atoms with Crippen molar-refractivity contribution in [1.82, 2.24) is 10.3 Å². The van der Waals surface area contributed by atoms with Crippen molar-refractivity contribution in [1.29, 1.82) is 0 Å². The molecule has 0 aliphatic heterocycles. The molecule has 0 bridgehead atoms. The second kappa shape index (κ2) is 6.33. The Hall–Kier alpha value is -0.450. The maximum absolute atomic E-state index is 5.56. The summed E-state index contributed by atoms with van der Waals surface area (Å²) in [5.74, 6) is 0.502. The number of methoxy groups -OCH3 is 1. The topological polar surface area (TPSA) is 34.2 Å². The van der Waals surface area contributed by atoms with E-state index in [1.165, 1.54) is 0 Å². The number of aromatic nitrogens is 1. The fourth-order valence-electron chi connectivity index (χ4n) is 2.01. The van der Waals surface area contributed by atoms with Crippen molar-refractivity contribution in [3.63, 3.8) is 0 Å². The van der Waals surface area contributed by atoms with Gasteiger partial charge in [0.15, 0.2) is 0 Å². The van der Waals surface area contributed by atoms with Gasteiger partial charge in [-0.1, -0.05) is 13.8 Å². The molecule has 16 heavy (non-hydrogen) atoms. The normalized spacial score (nSPS) is 15.4. The monoisotopic (exact) mass is 242 g/mol. The lowest BCUT2D eigenvalue weighted by molar-refractivity contribution is 0.0352. The minimum Gasteiger partial charge on any atom is -0.380 e. The molecule has 0 spiro atoms. The van der Waals surface area contributed by atoms with E-state index in [1.54, 1.807) is 18.4 Å². The lowest BCUT2D eigenvalue weighted by Crippen LogP contribution is -2.43. The fraction of sp³-hybridized carbons (Fsp3) is 0.750. The number of aryl methyl sites for hydroxylation is 1. The third kappa shape index (κ3) is 3.54. The molecule has 1 rings (SSSR count). The second-order valence-corrected chi connectivity index (χ2v) is 5.46. The quantitative estimate of drug-likeness (QED) is 0.831. The average Bonchev–Trinajstić information content (AvgIpc) is 2.63. The van der Waals surface area contributed by atoms with E-state index in [9.17, 15) is 0 Å². The number of thiazole rings is 1. The number of nitrogens with zero attached hydrogens (tertiary/aromatic N) is 1. The van der Waals surface area contributed by atoms with Crippen LogP contribution in [0.15, 0.2) is 5.38 Å². The lowest BCUT2D eigenvalue weighted by Gasteiger charge is -2.28. The van der Waals surface area contributed by atoms with E-state index >= 15 is 0 Å². The Balaban J connectivity index is 2.67. The first kappa shape index (κ1) is 13.6. The predicted molar refractivity (Wildman–Crippen MR) is 69.0 cm³/mol. The molecule has 0 fully saturated rings. The number of nitrogens with one attached hydrogen (secondary N) is 1. The largest absolute Gasteiger partial charge is 0.380 e. The van der Waals surface area contributed by atoms with Crippen molar-refractivity contribution in [3.05, 3.63) is 16.1 Å². The zero-order valence-electron chi connectivity index (χ0n) is 10.8. The van der Waals surface area contributed by atoms with E-state index in [-0.39, 0.29) is 6.10 Å². The number of rotatable bonds is 6. The van der Waals surface area contributed by atoms with Crippen LogP contribution < -0.4 is 5.32 Å². The Morgan fingerprint density at radius 2 is 2.19 bits per heavy atom. The molecule has 1 heterocycles. The van der Waals surface area contributed by atoms with Gasteiger partial charge in [-0.05, 0) is 19.9 Å². The third-order valence-corrected chi connectivity index (χ3v) is 3.61. The molecule has 0 amide bonds. The number of likely N-dealkylation sites (N-methyl/N-ethyl adjacent to an activating group) is 1. The van der Waals surface area contributed by atoms with Crippen LogP contribution in [0.25, 0.3) is 0 Å². The summed E-state index contributed by atoms with van der Waals surface area (Å²) in [5.41, 5.74) is 1.16. The van der Waals surface area contributed by atoms with Crippen molar-refractivity contribution in [3.8, 4) is 0 Å². The summed E-state index contributed by atoms with van der Waals surface area (Å²) in [6, 6.07) is 0.325. The highest BCUT2D eigenvalue weighted by molar-refractivity contribution is 7.09. The van der Waals surface area contributed by atoms with Crippen molar-refractivity contribution in [2.45, 2.75) is 39.3 Å². The highest BCUT2D eigenvalue weighted by Crippen LogP contribution is 2.16. The van der Waals surface area contributed by atoms with Crippen LogP contribution in [-0.2, 0) is 11.2 Å². The van der Waals surface area contributed by atoms with Gasteiger partial charge in [-0.15, -0.1) is 11.3 Å². The highest BCUT2D eigenvalue weighted by Gasteiger charge is 2.23. The van der Waals surface area contributed by atoms with Crippen molar-refractivity contribution in [2.75, 3.05) is 14.2 Å². The minimum atomic E-state index is 0.229. The third-order valence-electron chi connectivity index (χ3n) is 2.79. The molecule has 0 aromatic carbocycles. The molecule has 1 aromatic rings. The van der Waals surface area contributed by atoms with Crippen molar-refractivity contribution >= 4 is 11.3 Å². The molecule has 4 heteroatoms. The Kier molecular flexibility index (Phi) is 5.38. The number of ether oxygens (including phenoxy) is 1. The molecule has 0 aliphatic carbocycles. The van der Waals surface area contributed by atoms with Gasteiger partial charge in [0.25, 0.3) is 0 Å². The SMILES string of the molecule is CNC(Cc1csc(C)n1)C(OC)C(C)C. The molecular weight excluding hydrogens is 220 g/mol. The molecule has 2 atom stereocenters. The summed E-state index contributed by atoms with van der Waals surface area (Å²) in [4.78, 5) is 4.50. The van der Waals surface area contributed by atoms with Crippen LogP contribution in [0.4, 0.5) is 0 Å². The first-order chi connectivity index (χ1) is 7.58. The number of hydrogen-bond acceptors (Lipinski definition) is 4. The smallest absolute Gasteiger partial charge is 0.0897 e. The molecule has 1 N–H and O–H groups in total. The van der Waals surface area contributed by atoms with E-state index in [0.29, 0.717) is 12.0 Å². The summed E-state index contributed by atoms with van der Waals surface area (Å²) in [7, 11) is 3.76. The molecule has 0 saturated heterocycles. The summed E-state index contributed by atoms with van der Waals surface area (Å²) in [6.45, 7) is 6.41. The Bertz CT molecular complexity index is 312. The summed E-state index contributed by atoms with van der Waals surface area (Å²) < 4.78 is 5.56. The fourth-order valence-corrected chi connectivity index (χ4v) is 2.64. The van der Waals surface area contributed by atoms with Gasteiger partial charge in [-0.25, -0.2) is 4.98 Å². The van der Waals surface area contributed by atoms with Crippen molar-refractivity contribution < 1.29 is 4.74 Å². The average molecular weight is 242 g/mol.